The van der Waals surface area contributed by atoms with Crippen molar-refractivity contribution in [3.8, 4) is 0 Å². The van der Waals surface area contributed by atoms with Crippen LogP contribution >= 0.6 is 11.3 Å². The number of ether oxygens (including phenoxy) is 2. The van der Waals surface area contributed by atoms with E-state index in [1.807, 2.05) is 0 Å². The first-order valence-corrected chi connectivity index (χ1v) is 8.23. The molecule has 1 fully saturated rings. The predicted molar refractivity (Wildman–Crippen MR) is 72.6 cm³/mol. The molecule has 1 saturated heterocycles. The van der Waals surface area contributed by atoms with Crippen LogP contribution in [0.3, 0.4) is 0 Å². The lowest BCUT2D eigenvalue weighted by Gasteiger charge is -2.25. The molecule has 0 bridgehead atoms. The van der Waals surface area contributed by atoms with Gasteiger partial charge in [-0.1, -0.05) is 0 Å². The molecular formula is C11H18N2O4S2. The summed E-state index contributed by atoms with van der Waals surface area (Å²) in [6.45, 7) is 1.55. The second-order valence-electron chi connectivity index (χ2n) is 4.44. The topological polar surface area (TPSA) is 90.7 Å². The number of hydrogen-bond acceptors (Lipinski definition) is 6. The van der Waals surface area contributed by atoms with Crippen LogP contribution in [-0.4, -0.2) is 40.9 Å². The molecule has 8 heteroatoms. The van der Waals surface area contributed by atoms with E-state index < -0.39 is 15.6 Å². The molecule has 0 spiro atoms. The van der Waals surface area contributed by atoms with Gasteiger partial charge in [-0.05, 0) is 12.1 Å². The van der Waals surface area contributed by atoms with Crippen molar-refractivity contribution in [2.75, 3.05) is 26.9 Å². The fourth-order valence-electron chi connectivity index (χ4n) is 1.87. The zero-order chi connectivity index (χ0) is 13.9. The van der Waals surface area contributed by atoms with E-state index in [-0.39, 0.29) is 10.8 Å². The molecule has 1 atom stereocenters. The third kappa shape index (κ3) is 3.33. The van der Waals surface area contributed by atoms with Gasteiger partial charge >= 0.3 is 0 Å². The average molecular weight is 306 g/mol. The minimum atomic E-state index is -3.51. The van der Waals surface area contributed by atoms with Crippen molar-refractivity contribution in [2.45, 2.75) is 22.8 Å². The molecule has 3 N–H and O–H groups in total. The summed E-state index contributed by atoms with van der Waals surface area (Å²) in [6, 6.07) is 3.30. The maximum atomic E-state index is 12.1. The molecule has 1 aromatic heterocycles. The van der Waals surface area contributed by atoms with Gasteiger partial charge in [0, 0.05) is 38.1 Å². The Bertz CT molecular complexity index is 521. The van der Waals surface area contributed by atoms with E-state index >= 15 is 0 Å². The van der Waals surface area contributed by atoms with Crippen molar-refractivity contribution in [3.05, 3.63) is 17.0 Å². The van der Waals surface area contributed by atoms with Crippen molar-refractivity contribution in [3.63, 3.8) is 0 Å². The highest BCUT2D eigenvalue weighted by Gasteiger charge is 2.36. The maximum absolute atomic E-state index is 12.1. The molecule has 0 saturated carbocycles. The Kier molecular flexibility index (Phi) is 4.59. The number of sulfonamides is 1. The highest BCUT2D eigenvalue weighted by Crippen LogP contribution is 2.24. The highest BCUT2D eigenvalue weighted by atomic mass is 32.2. The minimum absolute atomic E-state index is 0.210. The zero-order valence-electron chi connectivity index (χ0n) is 10.7. The lowest BCUT2D eigenvalue weighted by molar-refractivity contribution is -0.0120. The molecule has 19 heavy (non-hydrogen) atoms. The van der Waals surface area contributed by atoms with Crippen LogP contribution in [0.5, 0.6) is 0 Å². The van der Waals surface area contributed by atoms with Gasteiger partial charge in [-0.2, -0.15) is 0 Å². The summed E-state index contributed by atoms with van der Waals surface area (Å²) in [6.07, 6.45) is 0.685. The largest absolute Gasteiger partial charge is 0.378 e. The van der Waals surface area contributed by atoms with Gasteiger partial charge in [0.25, 0.3) is 0 Å². The van der Waals surface area contributed by atoms with Gasteiger partial charge in [0.05, 0.1) is 6.61 Å². The molecule has 108 valence electrons. The summed E-state index contributed by atoms with van der Waals surface area (Å²) in [5, 5.41) is 0. The van der Waals surface area contributed by atoms with E-state index in [0.29, 0.717) is 26.2 Å². The van der Waals surface area contributed by atoms with E-state index in [9.17, 15) is 8.42 Å². The number of thiophene rings is 1. The minimum Gasteiger partial charge on any atom is -0.378 e. The molecule has 0 aliphatic carbocycles. The number of nitrogens with two attached hydrogens (primary N) is 1. The SMILES string of the molecule is COC1(CNS(=O)(=O)c2ccc(CN)s2)CCOC1. The van der Waals surface area contributed by atoms with Crippen molar-refractivity contribution in [1.82, 2.24) is 4.72 Å². The molecule has 2 heterocycles. The Morgan fingerprint density at radius 1 is 1.58 bits per heavy atom. The summed E-state index contributed by atoms with van der Waals surface area (Å²) in [7, 11) is -1.94. The van der Waals surface area contributed by atoms with Gasteiger partial charge in [-0.15, -0.1) is 11.3 Å². The number of methoxy groups -OCH3 is 1. The number of rotatable bonds is 6. The highest BCUT2D eigenvalue weighted by molar-refractivity contribution is 7.91. The fourth-order valence-corrected chi connectivity index (χ4v) is 4.26. The van der Waals surface area contributed by atoms with Gasteiger partial charge < -0.3 is 15.2 Å². The van der Waals surface area contributed by atoms with Crippen LogP contribution in [0.15, 0.2) is 16.3 Å². The van der Waals surface area contributed by atoms with Crippen molar-refractivity contribution in [2.24, 2.45) is 5.73 Å². The van der Waals surface area contributed by atoms with Crippen LogP contribution in [0.2, 0.25) is 0 Å². The molecule has 0 aromatic carbocycles. The summed E-state index contributed by atoms with van der Waals surface area (Å²) in [4.78, 5) is 0.839. The second-order valence-corrected chi connectivity index (χ2v) is 7.60. The molecule has 1 aliphatic rings. The third-order valence-electron chi connectivity index (χ3n) is 3.19. The van der Waals surface area contributed by atoms with Crippen LogP contribution in [0.1, 0.15) is 11.3 Å². The van der Waals surface area contributed by atoms with Gasteiger partial charge in [0.1, 0.15) is 9.81 Å². The lowest BCUT2D eigenvalue weighted by Crippen LogP contribution is -2.44. The van der Waals surface area contributed by atoms with Crippen LogP contribution in [0, 0.1) is 0 Å². The van der Waals surface area contributed by atoms with Crippen LogP contribution in [0.25, 0.3) is 0 Å². The molecule has 0 radical (unpaired) electrons. The molecular weight excluding hydrogens is 288 g/mol. The maximum Gasteiger partial charge on any atom is 0.250 e. The Balaban J connectivity index is 2.05. The van der Waals surface area contributed by atoms with Crippen molar-refractivity contribution >= 4 is 21.4 Å². The normalized spacial score (nSPS) is 23.9. The smallest absolute Gasteiger partial charge is 0.250 e. The van der Waals surface area contributed by atoms with E-state index in [1.54, 1.807) is 19.2 Å². The van der Waals surface area contributed by atoms with E-state index in [2.05, 4.69) is 4.72 Å². The molecule has 1 unspecified atom stereocenters. The summed E-state index contributed by atoms with van der Waals surface area (Å²) in [5.41, 5.74) is 4.93. The molecule has 2 rings (SSSR count). The lowest BCUT2D eigenvalue weighted by atomic mass is 10.0. The van der Waals surface area contributed by atoms with Crippen molar-refractivity contribution in [1.29, 1.82) is 0 Å². The van der Waals surface area contributed by atoms with E-state index in [0.717, 1.165) is 4.88 Å². The Hall–Kier alpha value is -0.510. The van der Waals surface area contributed by atoms with Gasteiger partial charge in [-0.25, -0.2) is 13.1 Å². The van der Waals surface area contributed by atoms with E-state index in [4.69, 9.17) is 15.2 Å². The van der Waals surface area contributed by atoms with E-state index in [1.165, 1.54) is 11.3 Å². The first-order valence-electron chi connectivity index (χ1n) is 5.93. The molecule has 1 aliphatic heterocycles. The monoisotopic (exact) mass is 306 g/mol. The van der Waals surface area contributed by atoms with Crippen LogP contribution in [0.4, 0.5) is 0 Å². The average Bonchev–Trinajstić information content (AvgIpc) is 3.06. The predicted octanol–water partition coefficient (Wildman–Crippen LogP) is 0.291. The Morgan fingerprint density at radius 3 is 2.89 bits per heavy atom. The Morgan fingerprint density at radius 2 is 2.37 bits per heavy atom. The number of hydrogen-bond donors (Lipinski definition) is 2. The Labute approximate surface area is 116 Å². The molecule has 6 nitrogen and oxygen atoms in total. The van der Waals surface area contributed by atoms with Crippen molar-refractivity contribution < 1.29 is 17.9 Å². The van der Waals surface area contributed by atoms with Gasteiger partial charge in [0.15, 0.2) is 0 Å². The molecule has 0 amide bonds. The summed E-state index contributed by atoms with van der Waals surface area (Å²) < 4.78 is 37.8. The van der Waals surface area contributed by atoms with Crippen LogP contribution < -0.4 is 10.5 Å². The fraction of sp³-hybridized carbons (Fsp3) is 0.636. The first-order chi connectivity index (χ1) is 9.01. The third-order valence-corrected chi connectivity index (χ3v) is 6.19. The van der Waals surface area contributed by atoms with Gasteiger partial charge in [-0.3, -0.25) is 0 Å². The molecule has 1 aromatic rings. The quantitative estimate of drug-likeness (QED) is 0.788. The summed E-state index contributed by atoms with van der Waals surface area (Å²) >= 11 is 1.18. The zero-order valence-corrected chi connectivity index (χ0v) is 12.4. The second kappa shape index (κ2) is 5.86. The van der Waals surface area contributed by atoms with Gasteiger partial charge in [0.2, 0.25) is 10.0 Å². The summed E-state index contributed by atoms with van der Waals surface area (Å²) in [5.74, 6) is 0. The number of nitrogens with one attached hydrogen (secondary N) is 1. The first kappa shape index (κ1) is 14.9. The standard InChI is InChI=1S/C11H18N2O4S2/c1-16-11(4-5-17-8-11)7-13-19(14,15)10-3-2-9(6-12)18-10/h2-3,13H,4-8,12H2,1H3. The van der Waals surface area contributed by atoms with Crippen LogP contribution in [-0.2, 0) is 26.0 Å².